The lowest BCUT2D eigenvalue weighted by Gasteiger charge is -2.11. The van der Waals surface area contributed by atoms with Gasteiger partial charge in [0, 0.05) is 29.9 Å². The van der Waals surface area contributed by atoms with E-state index < -0.39 is 0 Å². The van der Waals surface area contributed by atoms with E-state index >= 15 is 0 Å². The highest BCUT2D eigenvalue weighted by Gasteiger charge is 2.11. The molecular weight excluding hydrogens is 222 g/mol. The van der Waals surface area contributed by atoms with E-state index in [9.17, 15) is 0 Å². The van der Waals surface area contributed by atoms with Crippen molar-refractivity contribution in [2.45, 2.75) is 19.4 Å². The number of imidazole rings is 1. The SMILES string of the molecule is CC(c1ccc(Cl)c(CN)c1)c1ncc[nH]1. The van der Waals surface area contributed by atoms with Crippen molar-refractivity contribution in [1.29, 1.82) is 0 Å². The summed E-state index contributed by atoms with van der Waals surface area (Å²) >= 11 is 6.02. The van der Waals surface area contributed by atoms with Gasteiger partial charge in [-0.3, -0.25) is 0 Å². The molecule has 0 spiro atoms. The quantitative estimate of drug-likeness (QED) is 0.860. The van der Waals surface area contributed by atoms with Crippen LogP contribution >= 0.6 is 11.6 Å². The van der Waals surface area contributed by atoms with Crippen LogP contribution in [0, 0.1) is 0 Å². The highest BCUT2D eigenvalue weighted by molar-refractivity contribution is 6.31. The number of H-pyrrole nitrogens is 1. The Labute approximate surface area is 99.7 Å². The molecule has 2 rings (SSSR count). The van der Waals surface area contributed by atoms with Crippen LogP contribution < -0.4 is 5.73 Å². The Morgan fingerprint density at radius 3 is 2.94 bits per heavy atom. The molecule has 3 N–H and O–H groups in total. The number of aromatic amines is 1. The smallest absolute Gasteiger partial charge is 0.113 e. The van der Waals surface area contributed by atoms with Gasteiger partial charge in [0.25, 0.3) is 0 Å². The zero-order valence-electron chi connectivity index (χ0n) is 9.07. The Morgan fingerprint density at radius 1 is 1.50 bits per heavy atom. The summed E-state index contributed by atoms with van der Waals surface area (Å²) in [6.07, 6.45) is 3.58. The van der Waals surface area contributed by atoms with Gasteiger partial charge in [0.05, 0.1) is 0 Å². The summed E-state index contributed by atoms with van der Waals surface area (Å²) in [5.74, 6) is 1.17. The summed E-state index contributed by atoms with van der Waals surface area (Å²) < 4.78 is 0. The minimum atomic E-state index is 0.220. The number of hydrogen-bond donors (Lipinski definition) is 2. The van der Waals surface area contributed by atoms with Gasteiger partial charge < -0.3 is 10.7 Å². The molecule has 0 aliphatic heterocycles. The number of halogens is 1. The Hall–Kier alpha value is -1.32. The summed E-state index contributed by atoms with van der Waals surface area (Å²) in [6, 6.07) is 5.93. The molecule has 16 heavy (non-hydrogen) atoms. The predicted octanol–water partition coefficient (Wildman–Crippen LogP) is 2.67. The molecule has 0 amide bonds. The van der Waals surface area contributed by atoms with Crippen molar-refractivity contribution in [2.24, 2.45) is 5.73 Å². The van der Waals surface area contributed by atoms with Gasteiger partial charge in [0.1, 0.15) is 5.82 Å². The van der Waals surface area contributed by atoms with Crippen LogP contribution in [-0.2, 0) is 6.54 Å². The van der Waals surface area contributed by atoms with Gasteiger partial charge in [-0.05, 0) is 17.2 Å². The number of benzene rings is 1. The summed E-state index contributed by atoms with van der Waals surface area (Å²) in [5.41, 5.74) is 7.77. The molecule has 2 aromatic rings. The van der Waals surface area contributed by atoms with E-state index in [1.807, 2.05) is 24.4 Å². The first-order chi connectivity index (χ1) is 7.72. The molecule has 84 valence electrons. The fraction of sp³-hybridized carbons (Fsp3) is 0.250. The fourth-order valence-corrected chi connectivity index (χ4v) is 1.89. The molecule has 0 bridgehead atoms. The topological polar surface area (TPSA) is 54.7 Å². The van der Waals surface area contributed by atoms with Crippen LogP contribution in [-0.4, -0.2) is 9.97 Å². The van der Waals surface area contributed by atoms with Crippen molar-refractivity contribution in [2.75, 3.05) is 0 Å². The average Bonchev–Trinajstić information content (AvgIpc) is 2.82. The summed E-state index contributed by atoms with van der Waals surface area (Å²) in [6.45, 7) is 2.56. The van der Waals surface area contributed by atoms with Crippen LogP contribution in [0.1, 0.15) is 29.8 Å². The zero-order valence-corrected chi connectivity index (χ0v) is 9.83. The molecule has 3 nitrogen and oxygen atoms in total. The van der Waals surface area contributed by atoms with Crippen molar-refractivity contribution >= 4 is 11.6 Å². The molecule has 1 atom stereocenters. The second-order valence-electron chi connectivity index (χ2n) is 3.75. The second-order valence-corrected chi connectivity index (χ2v) is 4.16. The van der Waals surface area contributed by atoms with Crippen molar-refractivity contribution in [3.05, 3.63) is 52.6 Å². The number of hydrogen-bond acceptors (Lipinski definition) is 2. The average molecular weight is 236 g/mol. The summed E-state index contributed by atoms with van der Waals surface area (Å²) in [7, 11) is 0. The molecule has 1 aromatic heterocycles. The van der Waals surface area contributed by atoms with Crippen LogP contribution in [0.4, 0.5) is 0 Å². The van der Waals surface area contributed by atoms with Gasteiger partial charge in [-0.25, -0.2) is 4.98 Å². The Kier molecular flexibility index (Phi) is 3.27. The summed E-state index contributed by atoms with van der Waals surface area (Å²) in [5, 5.41) is 0.720. The van der Waals surface area contributed by atoms with E-state index in [0.717, 1.165) is 16.4 Å². The van der Waals surface area contributed by atoms with Crippen LogP contribution in [0.25, 0.3) is 0 Å². The minimum Gasteiger partial charge on any atom is -0.348 e. The summed E-state index contributed by atoms with van der Waals surface area (Å²) in [4.78, 5) is 7.36. The molecule has 0 aliphatic rings. The number of nitrogens with one attached hydrogen (secondary N) is 1. The number of nitrogens with two attached hydrogens (primary N) is 1. The zero-order chi connectivity index (χ0) is 11.5. The Balaban J connectivity index is 2.34. The maximum absolute atomic E-state index is 6.02. The lowest BCUT2D eigenvalue weighted by Crippen LogP contribution is -2.02. The third kappa shape index (κ3) is 2.10. The first-order valence-electron chi connectivity index (χ1n) is 5.20. The standard InChI is InChI=1S/C12H14ClN3/c1-8(12-15-4-5-16-12)9-2-3-11(13)10(6-9)7-14/h2-6,8H,7,14H2,1H3,(H,15,16). The molecule has 1 unspecified atom stereocenters. The molecular formula is C12H14ClN3. The third-order valence-electron chi connectivity index (χ3n) is 2.72. The van der Waals surface area contributed by atoms with Crippen molar-refractivity contribution in [1.82, 2.24) is 9.97 Å². The largest absolute Gasteiger partial charge is 0.348 e. The van der Waals surface area contributed by atoms with Gasteiger partial charge in [-0.15, -0.1) is 0 Å². The normalized spacial score (nSPS) is 12.7. The maximum atomic E-state index is 6.02. The second kappa shape index (κ2) is 4.68. The van der Waals surface area contributed by atoms with E-state index in [2.05, 4.69) is 16.9 Å². The third-order valence-corrected chi connectivity index (χ3v) is 3.09. The predicted molar refractivity (Wildman–Crippen MR) is 65.4 cm³/mol. The highest BCUT2D eigenvalue weighted by Crippen LogP contribution is 2.25. The van der Waals surface area contributed by atoms with E-state index in [1.165, 1.54) is 5.56 Å². The molecule has 1 aromatic carbocycles. The van der Waals surface area contributed by atoms with E-state index in [-0.39, 0.29) is 5.92 Å². The lowest BCUT2D eigenvalue weighted by molar-refractivity contribution is 0.836. The molecule has 0 saturated heterocycles. The van der Waals surface area contributed by atoms with Crippen molar-refractivity contribution in [3.63, 3.8) is 0 Å². The first-order valence-corrected chi connectivity index (χ1v) is 5.58. The van der Waals surface area contributed by atoms with Gasteiger partial charge in [0.2, 0.25) is 0 Å². The van der Waals surface area contributed by atoms with Gasteiger partial charge in [0.15, 0.2) is 0 Å². The fourth-order valence-electron chi connectivity index (χ4n) is 1.69. The minimum absolute atomic E-state index is 0.220. The van der Waals surface area contributed by atoms with Crippen LogP contribution in [0.5, 0.6) is 0 Å². The number of nitrogens with zero attached hydrogens (tertiary/aromatic N) is 1. The van der Waals surface area contributed by atoms with Gasteiger partial charge in [-0.2, -0.15) is 0 Å². The lowest BCUT2D eigenvalue weighted by atomic mass is 9.98. The van der Waals surface area contributed by atoms with Crippen LogP contribution in [0.2, 0.25) is 5.02 Å². The van der Waals surface area contributed by atoms with Crippen LogP contribution in [0.15, 0.2) is 30.6 Å². The van der Waals surface area contributed by atoms with Gasteiger partial charge >= 0.3 is 0 Å². The van der Waals surface area contributed by atoms with E-state index in [4.69, 9.17) is 17.3 Å². The number of aromatic nitrogens is 2. The van der Waals surface area contributed by atoms with Crippen molar-refractivity contribution in [3.8, 4) is 0 Å². The highest BCUT2D eigenvalue weighted by atomic mass is 35.5. The van der Waals surface area contributed by atoms with Crippen LogP contribution in [0.3, 0.4) is 0 Å². The monoisotopic (exact) mass is 235 g/mol. The molecule has 0 saturated carbocycles. The first kappa shape index (κ1) is 11.2. The molecule has 0 radical (unpaired) electrons. The molecule has 0 aliphatic carbocycles. The number of rotatable bonds is 3. The van der Waals surface area contributed by atoms with E-state index in [0.29, 0.717) is 6.54 Å². The van der Waals surface area contributed by atoms with Crippen molar-refractivity contribution < 1.29 is 0 Å². The Morgan fingerprint density at radius 2 is 2.31 bits per heavy atom. The van der Waals surface area contributed by atoms with Gasteiger partial charge in [-0.1, -0.05) is 30.7 Å². The maximum Gasteiger partial charge on any atom is 0.113 e. The molecule has 1 heterocycles. The molecule has 0 fully saturated rings. The Bertz CT molecular complexity index is 465. The van der Waals surface area contributed by atoms with E-state index in [1.54, 1.807) is 6.20 Å². The molecule has 4 heteroatoms.